The highest BCUT2D eigenvalue weighted by molar-refractivity contribution is 6.34. The summed E-state index contributed by atoms with van der Waals surface area (Å²) in [5.41, 5.74) is -11.0. The van der Waals surface area contributed by atoms with Gasteiger partial charge in [0.1, 0.15) is 19.1 Å². The summed E-state index contributed by atoms with van der Waals surface area (Å²) in [5, 5.41) is 0. The van der Waals surface area contributed by atoms with Gasteiger partial charge in [0.15, 0.2) is 11.5 Å². The molecule has 0 N–H and O–H groups in total. The van der Waals surface area contributed by atoms with Gasteiger partial charge in [-0.1, -0.05) is 12.1 Å². The number of carbonyl (C=O) groups is 10. The molecule has 4 atom stereocenters. The van der Waals surface area contributed by atoms with Crippen LogP contribution in [0.25, 0.3) is 0 Å². The number of rotatable bonds is 12. The summed E-state index contributed by atoms with van der Waals surface area (Å²) in [6.45, 7) is -0.720. The van der Waals surface area contributed by atoms with Crippen LogP contribution in [0.15, 0.2) is 48.5 Å². The predicted octanol–water partition coefficient (Wildman–Crippen LogP) is 2.16. The molecule has 392 valence electrons. The van der Waals surface area contributed by atoms with E-state index in [0.29, 0.717) is 16.0 Å². The lowest BCUT2D eigenvalue weighted by Gasteiger charge is -2.51. The van der Waals surface area contributed by atoms with Crippen LogP contribution in [0, 0.1) is 0 Å². The van der Waals surface area contributed by atoms with Crippen molar-refractivity contribution in [2.45, 2.75) is 76.5 Å². The Hall–Kier alpha value is -8.84. The quantitative estimate of drug-likeness (QED) is 0.143. The van der Waals surface area contributed by atoms with E-state index < -0.39 is 129 Å². The number of urea groups is 4. The van der Waals surface area contributed by atoms with Gasteiger partial charge in [-0.05, 0) is 75.2 Å². The van der Waals surface area contributed by atoms with Crippen LogP contribution in [-0.2, 0) is 64.3 Å². The van der Waals surface area contributed by atoms with Gasteiger partial charge >= 0.3 is 48.0 Å². The SMILES string of the molecule is CCOC(=O)[C@]12N3Cc4cc(OC)c(OC)cc4CN1C(=O)N1CN4C(=O)N5Cc6c(N7C(=O)c8ccccc8C7=O)ccc(OC)c6CN6C(=O)N(CN(C3=O)[C@]12C(=O)OCC)[C@@]4(C(=O)OCC)[C@@]65C(=O)OCC. The first-order valence-corrected chi connectivity index (χ1v) is 24.0. The monoisotopic (exact) mass is 1040 g/mol. The van der Waals surface area contributed by atoms with Gasteiger partial charge in [-0.25, -0.2) is 43.3 Å². The molecule has 8 aliphatic heterocycles. The molecule has 11 rings (SSSR count). The maximum atomic E-state index is 16.2. The number of imide groups is 1. The molecule has 0 spiro atoms. The third-order valence-electron chi connectivity index (χ3n) is 15.4. The first-order chi connectivity index (χ1) is 36.0. The van der Waals surface area contributed by atoms with Crippen LogP contribution in [0.5, 0.6) is 17.2 Å². The Morgan fingerprint density at radius 2 is 0.773 bits per heavy atom. The van der Waals surface area contributed by atoms with Crippen LogP contribution < -0.4 is 19.1 Å². The highest BCUT2D eigenvalue weighted by Crippen LogP contribution is 2.62. The van der Waals surface area contributed by atoms with E-state index in [1.807, 2.05) is 0 Å². The third kappa shape index (κ3) is 5.41. The Kier molecular flexibility index (Phi) is 10.7. The Morgan fingerprint density at radius 3 is 1.12 bits per heavy atom. The molecule has 75 heavy (non-hydrogen) atoms. The molecule has 0 bridgehead atoms. The number of benzene rings is 3. The number of esters is 4. The standard InChI is InChI=1S/C49H49N9O17/c1-8-72-38(61)46-48(40(63)74-10-3)54-24-56-44(67)52-22-30-31(33(69-5)17-16-32(30)58-36(59)28-14-12-13-15-29(28)37(58)60)23-53-45(68)57(49(56,41(64)75-11-4)47(52,53)39(62)73-9-2)25-55(48)43(66)51(46)21-27-19-35(71-7)34(70-6)18-26(27)20-50(46)42(54)65/h12-19H,8-11,20-25H2,1-7H3/t46-,47-,48+,49+/m1/s1. The Labute approximate surface area is 426 Å². The van der Waals surface area contributed by atoms with Crippen molar-refractivity contribution >= 4 is 65.5 Å². The summed E-state index contributed by atoms with van der Waals surface area (Å²) in [7, 11) is 4.07. The van der Waals surface area contributed by atoms with Crippen molar-refractivity contribution in [3.05, 3.63) is 81.9 Å². The molecule has 5 saturated heterocycles. The van der Waals surface area contributed by atoms with E-state index in [4.69, 9.17) is 33.2 Å². The van der Waals surface area contributed by atoms with Crippen molar-refractivity contribution in [1.29, 1.82) is 0 Å². The smallest absolute Gasteiger partial charge is 0.359 e. The van der Waals surface area contributed by atoms with Gasteiger partial charge in [0.05, 0.1) is 90.8 Å². The minimum atomic E-state index is -3.08. The highest BCUT2D eigenvalue weighted by atomic mass is 16.6. The van der Waals surface area contributed by atoms with Gasteiger partial charge in [-0.3, -0.25) is 48.8 Å². The lowest BCUT2D eigenvalue weighted by Crippen LogP contribution is -2.81. The summed E-state index contributed by atoms with van der Waals surface area (Å²) in [6.07, 6.45) is 0. The number of anilines is 1. The molecule has 8 heterocycles. The molecule has 0 saturated carbocycles. The van der Waals surface area contributed by atoms with Crippen molar-refractivity contribution in [3.8, 4) is 17.2 Å². The van der Waals surface area contributed by atoms with Crippen molar-refractivity contribution in [3.63, 3.8) is 0 Å². The molecule has 10 amide bonds. The lowest BCUT2D eigenvalue weighted by atomic mass is 9.88. The summed E-state index contributed by atoms with van der Waals surface area (Å²) in [6, 6.07) is 7.21. The van der Waals surface area contributed by atoms with Crippen LogP contribution in [0.2, 0.25) is 0 Å². The minimum Gasteiger partial charge on any atom is -0.496 e. The summed E-state index contributed by atoms with van der Waals surface area (Å²) >= 11 is 0. The molecule has 0 aliphatic carbocycles. The fourth-order valence-corrected chi connectivity index (χ4v) is 12.6. The first-order valence-electron chi connectivity index (χ1n) is 24.0. The van der Waals surface area contributed by atoms with Gasteiger partial charge in [0, 0.05) is 11.1 Å². The largest absolute Gasteiger partial charge is 0.496 e. The zero-order chi connectivity index (χ0) is 53.4. The van der Waals surface area contributed by atoms with Crippen LogP contribution >= 0.6 is 0 Å². The van der Waals surface area contributed by atoms with E-state index in [1.54, 1.807) is 12.1 Å². The molecule has 26 nitrogen and oxygen atoms in total. The molecule has 3 aromatic carbocycles. The normalized spacial score (nSPS) is 25.5. The number of ether oxygens (including phenoxy) is 7. The van der Waals surface area contributed by atoms with Crippen LogP contribution in [0.3, 0.4) is 0 Å². The van der Waals surface area contributed by atoms with Gasteiger partial charge in [0.25, 0.3) is 34.5 Å². The number of carbonyl (C=O) groups excluding carboxylic acids is 10. The van der Waals surface area contributed by atoms with E-state index in [2.05, 4.69) is 0 Å². The number of hydrogen-bond donors (Lipinski definition) is 0. The molecule has 0 unspecified atom stereocenters. The fraction of sp³-hybridized carbons (Fsp3) is 0.429. The Bertz CT molecular complexity index is 3120. The second-order valence-corrected chi connectivity index (χ2v) is 18.3. The van der Waals surface area contributed by atoms with Gasteiger partial charge in [0.2, 0.25) is 0 Å². The molecule has 0 radical (unpaired) electrons. The summed E-state index contributed by atoms with van der Waals surface area (Å²) < 4.78 is 40.2. The first kappa shape index (κ1) is 48.4. The maximum Gasteiger partial charge on any atom is 0.359 e. The molecule has 8 aliphatic rings. The van der Waals surface area contributed by atoms with E-state index in [0.717, 1.165) is 39.2 Å². The molecular formula is C49H49N9O17. The summed E-state index contributed by atoms with van der Waals surface area (Å²) in [4.78, 5) is 162. The van der Waals surface area contributed by atoms with E-state index >= 15 is 38.4 Å². The molecule has 26 heteroatoms. The van der Waals surface area contributed by atoms with Crippen LogP contribution in [0.1, 0.15) is 70.7 Å². The van der Waals surface area contributed by atoms with Crippen molar-refractivity contribution in [2.24, 2.45) is 0 Å². The minimum absolute atomic E-state index is 0.0242. The average molecular weight is 1040 g/mol. The van der Waals surface area contributed by atoms with Gasteiger partial charge < -0.3 is 33.2 Å². The zero-order valence-corrected chi connectivity index (χ0v) is 41.7. The second kappa shape index (κ2) is 16.6. The van der Waals surface area contributed by atoms with Gasteiger partial charge in [-0.15, -0.1) is 0 Å². The fourth-order valence-electron chi connectivity index (χ4n) is 12.6. The predicted molar refractivity (Wildman–Crippen MR) is 248 cm³/mol. The van der Waals surface area contributed by atoms with Crippen molar-refractivity contribution < 1.29 is 81.1 Å². The Morgan fingerprint density at radius 1 is 0.440 bits per heavy atom. The number of nitrogens with zero attached hydrogens (tertiary/aromatic N) is 9. The average Bonchev–Trinajstić information content (AvgIpc) is 3.81. The number of hydrogen-bond acceptors (Lipinski definition) is 17. The number of amides is 10. The van der Waals surface area contributed by atoms with E-state index in [1.165, 1.54) is 85.4 Å². The summed E-state index contributed by atoms with van der Waals surface area (Å²) in [5.74, 6) is -6.38. The molecule has 0 aromatic heterocycles. The topological polar surface area (TPSA) is 264 Å². The Balaban J connectivity index is 1.20. The zero-order valence-electron chi connectivity index (χ0n) is 41.7. The lowest BCUT2D eigenvalue weighted by molar-refractivity contribution is -0.209. The number of fused-ring (bicyclic) bond motifs is 3. The maximum absolute atomic E-state index is 16.2. The van der Waals surface area contributed by atoms with Crippen molar-refractivity contribution in [1.82, 2.24) is 39.2 Å². The number of methoxy groups -OCH3 is 3. The van der Waals surface area contributed by atoms with E-state index in [-0.39, 0.29) is 65.0 Å². The van der Waals surface area contributed by atoms with Crippen LogP contribution in [-0.4, -0.2) is 183 Å². The third-order valence-corrected chi connectivity index (χ3v) is 15.4. The highest BCUT2D eigenvalue weighted by Gasteiger charge is 2.93. The second-order valence-electron chi connectivity index (χ2n) is 18.3. The van der Waals surface area contributed by atoms with Crippen LogP contribution in [0.4, 0.5) is 24.9 Å². The molecular weight excluding hydrogens is 987 g/mol. The molecule has 3 aromatic rings. The van der Waals surface area contributed by atoms with Gasteiger partial charge in [-0.2, -0.15) is 0 Å². The van der Waals surface area contributed by atoms with E-state index in [9.17, 15) is 9.59 Å². The van der Waals surface area contributed by atoms with Crippen molar-refractivity contribution in [2.75, 3.05) is 66.0 Å². The molecule has 5 fully saturated rings.